The molecule has 2 aromatic heterocycles. The van der Waals surface area contributed by atoms with Crippen molar-refractivity contribution >= 4 is 69.6 Å². The number of methoxy groups -OCH3 is 2. The van der Waals surface area contributed by atoms with E-state index in [0.717, 1.165) is 121 Å². The van der Waals surface area contributed by atoms with Gasteiger partial charge in [0.1, 0.15) is 23.7 Å². The third kappa shape index (κ3) is 9.22. The minimum absolute atomic E-state index is 0.0609. The lowest BCUT2D eigenvalue weighted by Crippen LogP contribution is -2.52. The van der Waals surface area contributed by atoms with Crippen molar-refractivity contribution in [2.24, 2.45) is 11.8 Å². The number of likely N-dealkylation sites (tertiary alicyclic amines) is 2. The summed E-state index contributed by atoms with van der Waals surface area (Å²) in [5.74, 6) is 3.61. The summed E-state index contributed by atoms with van der Waals surface area (Å²) in [6.07, 6.45) is 13.3. The van der Waals surface area contributed by atoms with E-state index in [4.69, 9.17) is 19.4 Å². The lowest BCUT2D eigenvalue weighted by atomic mass is 9.87. The molecule has 14 rings (SSSR count). The van der Waals surface area contributed by atoms with Gasteiger partial charge in [-0.15, -0.1) is 0 Å². The van der Waals surface area contributed by atoms with Crippen LogP contribution in [0.5, 0.6) is 0 Å². The molecule has 8 bridgehead atoms. The summed E-state index contributed by atoms with van der Waals surface area (Å²) < 4.78 is 9.82. The van der Waals surface area contributed by atoms with Gasteiger partial charge in [0.15, 0.2) is 0 Å². The first-order valence-electron chi connectivity index (χ1n) is 25.7. The Labute approximate surface area is 428 Å². The van der Waals surface area contributed by atoms with Gasteiger partial charge in [-0.05, 0) is 182 Å². The number of nitrogens with zero attached hydrogens (tertiary/aromatic N) is 4. The summed E-state index contributed by atoms with van der Waals surface area (Å²) in [6.45, 7) is 0. The van der Waals surface area contributed by atoms with Crippen molar-refractivity contribution in [3.8, 4) is 22.3 Å². The van der Waals surface area contributed by atoms with Crippen molar-refractivity contribution < 1.29 is 28.7 Å². The van der Waals surface area contributed by atoms with Crippen molar-refractivity contribution in [1.29, 1.82) is 0 Å². The molecule has 14 nitrogen and oxygen atoms in total. The minimum atomic E-state index is -0.656. The summed E-state index contributed by atoms with van der Waals surface area (Å²) in [5, 5.41) is 5.65. The van der Waals surface area contributed by atoms with Crippen LogP contribution in [-0.4, -0.2) is 116 Å². The molecule has 4 fully saturated rings. The van der Waals surface area contributed by atoms with Gasteiger partial charge in [-0.25, -0.2) is 19.6 Å². The fourth-order valence-corrected chi connectivity index (χ4v) is 13.8. The molecular formula is C56H64N8O6S2. The van der Waals surface area contributed by atoms with Gasteiger partial charge >= 0.3 is 12.2 Å². The van der Waals surface area contributed by atoms with Crippen molar-refractivity contribution in [3.63, 3.8) is 0 Å². The molecule has 16 heteroatoms. The van der Waals surface area contributed by atoms with Crippen LogP contribution in [-0.2, 0) is 44.7 Å². The summed E-state index contributed by atoms with van der Waals surface area (Å²) in [4.78, 5) is 74.9. The third-order valence-corrected chi connectivity index (χ3v) is 17.6. The zero-order valence-electron chi connectivity index (χ0n) is 41.5. The first kappa shape index (κ1) is 48.3. The number of hydrogen-bond acceptors (Lipinski definition) is 10. The number of aromatic amines is 2. The number of thioether (sulfide) groups is 2. The molecule has 4 amide bonds. The number of aromatic nitrogens is 4. The van der Waals surface area contributed by atoms with Crippen LogP contribution in [0.2, 0.25) is 0 Å². The van der Waals surface area contributed by atoms with Crippen LogP contribution in [0.1, 0.15) is 97.4 Å². The van der Waals surface area contributed by atoms with E-state index in [1.807, 2.05) is 22.3 Å². The van der Waals surface area contributed by atoms with E-state index in [9.17, 15) is 19.2 Å². The number of carbonyl (C=O) groups is 4. The van der Waals surface area contributed by atoms with Gasteiger partial charge in [0.2, 0.25) is 11.8 Å². The van der Waals surface area contributed by atoms with Crippen molar-refractivity contribution in [1.82, 2.24) is 40.4 Å². The Kier molecular flexibility index (Phi) is 13.7. The summed E-state index contributed by atoms with van der Waals surface area (Å²) in [6, 6.07) is 25.6. The zero-order valence-corrected chi connectivity index (χ0v) is 43.1. The van der Waals surface area contributed by atoms with Crippen LogP contribution in [0.15, 0.2) is 72.8 Å². The quantitative estimate of drug-likeness (QED) is 0.0823. The Morgan fingerprint density at radius 2 is 1.06 bits per heavy atom. The molecule has 0 radical (unpaired) electrons. The molecule has 2 saturated carbocycles. The molecule has 6 aliphatic carbocycles. The molecule has 8 aliphatic rings. The Hall–Kier alpha value is -6.00. The summed E-state index contributed by atoms with van der Waals surface area (Å²) in [7, 11) is 2.66. The molecule has 2 aliphatic heterocycles. The largest absolute Gasteiger partial charge is 0.453 e. The number of H-pyrrole nitrogens is 2. The SMILES string of the molecule is COC(=O)NC(CCSC)C(=O)N1C2CCC(C2)C1c1nc2ccc(-c3cc4ccc3CCc3ccc(c(-c5ccc6nc(C7C8CCC(C8)N7C(=O)C(CCSC)NC(=O)OC)[nH]c6c5)c3)CC4)cc2[nH]1. The Morgan fingerprint density at radius 3 is 1.47 bits per heavy atom. The molecule has 4 aromatic carbocycles. The number of imidazole rings is 2. The van der Waals surface area contributed by atoms with E-state index in [1.54, 1.807) is 23.5 Å². The van der Waals surface area contributed by atoms with Crippen LogP contribution >= 0.6 is 23.5 Å². The standard InChI is InChI=1S/C56H64N8O6S2/c1-69-55(67)61-45(21-23-71-3)53(65)63-39-17-13-37(27-39)49(63)51-57-43-19-15-35(29-47(43)59-51)41-25-31-5-9-33(41)11-7-32-6-10-34(12-8-31)42(26-32)36-16-20-44-48(30-36)60-52(58-44)50-38-14-18-40(28-38)64(50)54(66)46(22-24-72-4)62-56(68)70-2/h5-6,9-10,15-16,19-20,25-26,29-30,37-40,45-46,49-50H,7-8,11-14,17-18,21-24,27-28H2,1-4H3,(H,57,59)(H,58,60)(H,61,67)(H,62,68). The zero-order chi connectivity index (χ0) is 49.6. The molecule has 4 N–H and O–H groups in total. The lowest BCUT2D eigenvalue weighted by Gasteiger charge is -2.36. The highest BCUT2D eigenvalue weighted by Crippen LogP contribution is 2.52. The van der Waals surface area contributed by atoms with Crippen LogP contribution in [0.3, 0.4) is 0 Å². The van der Waals surface area contributed by atoms with E-state index < -0.39 is 24.3 Å². The van der Waals surface area contributed by atoms with Gasteiger partial charge in [0, 0.05) is 12.1 Å². The van der Waals surface area contributed by atoms with E-state index in [2.05, 4.69) is 93.4 Å². The maximum atomic E-state index is 14.3. The monoisotopic (exact) mass is 1010 g/mol. The number of benzene rings is 4. The van der Waals surface area contributed by atoms with Gasteiger partial charge in [0.25, 0.3) is 0 Å². The van der Waals surface area contributed by atoms with Gasteiger partial charge in [-0.2, -0.15) is 23.5 Å². The Morgan fingerprint density at radius 1 is 0.611 bits per heavy atom. The average molecular weight is 1010 g/mol. The van der Waals surface area contributed by atoms with Crippen molar-refractivity contribution in [2.45, 2.75) is 113 Å². The number of hydrogen-bond donors (Lipinski definition) is 4. The molecule has 8 unspecified atom stereocenters. The number of rotatable bonds is 14. The molecular weight excluding hydrogens is 945 g/mol. The second-order valence-corrected chi connectivity index (χ2v) is 22.4. The second kappa shape index (κ2) is 20.5. The van der Waals surface area contributed by atoms with Crippen molar-refractivity contribution in [3.05, 3.63) is 107 Å². The predicted molar refractivity (Wildman–Crippen MR) is 284 cm³/mol. The molecule has 0 spiro atoms. The maximum absolute atomic E-state index is 14.3. The number of fused-ring (bicyclic) bond motifs is 6. The number of carbonyl (C=O) groups excluding carboxylic acids is 4. The molecule has 8 atom stereocenters. The Bertz CT molecular complexity index is 2840. The molecule has 376 valence electrons. The lowest BCUT2D eigenvalue weighted by molar-refractivity contribution is -0.139. The number of ether oxygens (including phenoxy) is 2. The van der Waals surface area contributed by atoms with Gasteiger partial charge in [-0.3, -0.25) is 9.59 Å². The smallest absolute Gasteiger partial charge is 0.407 e. The van der Waals surface area contributed by atoms with Gasteiger partial charge in [0.05, 0.1) is 48.4 Å². The molecule has 6 aromatic rings. The fourth-order valence-electron chi connectivity index (χ4n) is 12.8. The van der Waals surface area contributed by atoms with Crippen molar-refractivity contribution in [2.75, 3.05) is 38.2 Å². The van der Waals surface area contributed by atoms with Crippen LogP contribution in [0.4, 0.5) is 9.59 Å². The minimum Gasteiger partial charge on any atom is -0.453 e. The van der Waals surface area contributed by atoms with Gasteiger partial charge in [-0.1, -0.05) is 48.5 Å². The van der Waals surface area contributed by atoms with Crippen LogP contribution in [0.25, 0.3) is 44.3 Å². The van der Waals surface area contributed by atoms with E-state index in [0.29, 0.717) is 24.7 Å². The number of alkyl carbamates (subject to hydrolysis) is 2. The number of aryl methyl sites for hydroxylation is 4. The maximum Gasteiger partial charge on any atom is 0.407 e. The normalized spacial score (nSPS) is 22.8. The highest BCUT2D eigenvalue weighted by molar-refractivity contribution is 7.98. The predicted octanol–water partition coefficient (Wildman–Crippen LogP) is 9.72. The molecule has 72 heavy (non-hydrogen) atoms. The first-order valence-corrected chi connectivity index (χ1v) is 28.4. The summed E-state index contributed by atoms with van der Waals surface area (Å²) >= 11 is 3.31. The number of nitrogens with one attached hydrogen (secondary N) is 4. The van der Waals surface area contributed by atoms with E-state index in [-0.39, 0.29) is 36.0 Å². The molecule has 2 saturated heterocycles. The van der Waals surface area contributed by atoms with Crippen LogP contribution < -0.4 is 10.6 Å². The fraction of sp³-hybridized carbons (Fsp3) is 0.464. The summed E-state index contributed by atoms with van der Waals surface area (Å²) in [5.41, 5.74) is 13.5. The third-order valence-electron chi connectivity index (χ3n) is 16.3. The number of piperidine rings is 2. The van der Waals surface area contributed by atoms with E-state index in [1.165, 1.54) is 47.6 Å². The molecule has 4 heterocycles. The van der Waals surface area contributed by atoms with Gasteiger partial charge < -0.3 is 39.9 Å². The second-order valence-electron chi connectivity index (χ2n) is 20.5. The first-order chi connectivity index (χ1) is 35.1. The Balaban J connectivity index is 0.835. The highest BCUT2D eigenvalue weighted by atomic mass is 32.2. The van der Waals surface area contributed by atoms with Crippen LogP contribution in [0, 0.1) is 11.8 Å². The van der Waals surface area contributed by atoms with E-state index >= 15 is 0 Å². The average Bonchev–Trinajstić information content (AvgIpc) is 4.28. The number of amides is 4. The highest BCUT2D eigenvalue weighted by Gasteiger charge is 2.52. The topological polar surface area (TPSA) is 175 Å².